The first-order valence-corrected chi connectivity index (χ1v) is 43.2. The smallest absolute Gasteiger partial charge is 0.328 e. The second-order valence-electron chi connectivity index (χ2n) is 30.1. The van der Waals surface area contributed by atoms with Crippen molar-refractivity contribution in [2.75, 3.05) is 0 Å². The minimum atomic E-state index is -0.692. The lowest BCUT2D eigenvalue weighted by molar-refractivity contribution is 0.233. The van der Waals surface area contributed by atoms with Crippen molar-refractivity contribution >= 4 is 126 Å². The van der Waals surface area contributed by atoms with E-state index in [1.165, 1.54) is 77.0 Å². The molecule has 12 rings (SSSR count). The van der Waals surface area contributed by atoms with Crippen LogP contribution in [0.3, 0.4) is 0 Å². The molecule has 0 aliphatic carbocycles. The molecule has 10 nitrogen and oxygen atoms in total. The molecule has 4 heterocycles. The first kappa shape index (κ1) is 83.8. The summed E-state index contributed by atoms with van der Waals surface area (Å²) in [5.41, 5.74) is 9.31. The van der Waals surface area contributed by atoms with Gasteiger partial charge in [0.1, 0.15) is 58.4 Å². The molecule has 0 N–H and O–H groups in total. The number of nitrogens with zero attached hydrogens (tertiary/aromatic N) is 8. The molecular weight excluding hydrogens is 1480 g/mol. The highest BCUT2D eigenvalue weighted by molar-refractivity contribution is 6.85. The number of aromatic nitrogens is 6. The van der Waals surface area contributed by atoms with Gasteiger partial charge in [-0.2, -0.15) is 10.5 Å². The molecule has 0 spiro atoms. The van der Waals surface area contributed by atoms with Crippen LogP contribution in [0.15, 0.2) is 231 Å². The second-order valence-corrected chi connectivity index (χ2v) is 31.7. The number of rotatable bonds is 42. The summed E-state index contributed by atoms with van der Waals surface area (Å²) in [5, 5.41) is 29.3. The number of halogens is 4. The highest BCUT2D eigenvalue weighted by Gasteiger charge is 2.38. The van der Waals surface area contributed by atoms with Gasteiger partial charge in [-0.1, -0.05) is 369 Å². The van der Waals surface area contributed by atoms with Crippen molar-refractivity contribution in [3.63, 3.8) is 0 Å². The van der Waals surface area contributed by atoms with Crippen LogP contribution in [0.5, 0.6) is 11.5 Å². The van der Waals surface area contributed by atoms with Gasteiger partial charge in [-0.15, -0.1) is 0 Å². The van der Waals surface area contributed by atoms with Crippen molar-refractivity contribution in [3.8, 4) is 46.2 Å². The number of hydrogen-bond acceptors (Lipinski definition) is 8. The fourth-order valence-corrected chi connectivity index (χ4v) is 16.5. The van der Waals surface area contributed by atoms with E-state index in [-0.39, 0.29) is 44.8 Å². The van der Waals surface area contributed by atoms with Gasteiger partial charge in [-0.05, 0) is 112 Å². The number of nitriles is 2. The number of allylic oxidation sites excluding steroid dienone is 2. The highest BCUT2D eigenvalue weighted by Crippen LogP contribution is 2.40. The summed E-state index contributed by atoms with van der Waals surface area (Å²) in [5.74, 6) is 1.32. The van der Waals surface area contributed by atoms with Crippen molar-refractivity contribution in [1.82, 2.24) is 28.9 Å². The van der Waals surface area contributed by atoms with Crippen molar-refractivity contribution in [2.24, 2.45) is 0 Å². The molecule has 2 atom stereocenters. The van der Waals surface area contributed by atoms with Crippen LogP contribution in [0.2, 0.25) is 20.1 Å². The average molecular weight is 1590 g/mol. The van der Waals surface area contributed by atoms with E-state index >= 15 is 0 Å². The molecule has 16 heteroatoms. The second kappa shape index (κ2) is 43.2. The van der Waals surface area contributed by atoms with E-state index in [0.717, 1.165) is 123 Å². The Labute approximate surface area is 695 Å². The van der Waals surface area contributed by atoms with Crippen LogP contribution in [0.25, 0.3) is 66.5 Å². The molecule has 0 aliphatic heterocycles. The predicted molar refractivity (Wildman–Crippen MR) is 482 cm³/mol. The maximum atomic E-state index is 12.9. The van der Waals surface area contributed by atoms with Gasteiger partial charge in [0.2, 0.25) is 0 Å². The van der Waals surface area contributed by atoms with E-state index < -0.39 is 13.7 Å². The number of ether oxygens (including phenoxy) is 2. The number of fused-ring (bicyclic) bond motifs is 3. The number of hydrogen-bond donors (Lipinski definition) is 0. The van der Waals surface area contributed by atoms with Crippen LogP contribution in [0.4, 0.5) is 0 Å². The van der Waals surface area contributed by atoms with Gasteiger partial charge in [-0.3, -0.25) is 9.97 Å². The lowest BCUT2D eigenvalue weighted by Crippen LogP contribution is -2.54. The van der Waals surface area contributed by atoms with Crippen LogP contribution in [-0.2, 0) is 0 Å². The molecule has 0 aliphatic rings. The zero-order valence-corrected chi connectivity index (χ0v) is 69.6. The van der Waals surface area contributed by atoms with Crippen LogP contribution < -0.4 is 42.0 Å². The Morgan fingerprint density at radius 2 is 0.702 bits per heavy atom. The molecule has 582 valence electrons. The molecule has 4 aromatic heterocycles. The minimum absolute atomic E-state index is 0.192. The Morgan fingerprint density at radius 1 is 0.386 bits per heavy atom. The summed E-state index contributed by atoms with van der Waals surface area (Å²) in [7, 11) is 0. The lowest BCUT2D eigenvalue weighted by Gasteiger charge is -2.25. The third kappa shape index (κ3) is 21.3. The summed E-state index contributed by atoms with van der Waals surface area (Å²) >= 11 is 27.4. The van der Waals surface area contributed by atoms with Crippen molar-refractivity contribution < 1.29 is 9.47 Å². The fraction of sp³-hybridized carbons (Fsp3) is 0.327. The maximum Gasteiger partial charge on any atom is 0.328 e. The molecule has 0 bridgehead atoms. The first-order chi connectivity index (χ1) is 56.0. The molecule has 2 unspecified atom stereocenters. The van der Waals surface area contributed by atoms with Crippen LogP contribution in [0.1, 0.15) is 206 Å². The van der Waals surface area contributed by atoms with Gasteiger partial charge in [0.15, 0.2) is 0 Å². The monoisotopic (exact) mass is 1590 g/mol. The third-order valence-electron chi connectivity index (χ3n) is 21.6. The average Bonchev–Trinajstić information content (AvgIpc) is 1.52. The Bertz CT molecular complexity index is 5010. The maximum absolute atomic E-state index is 12.9. The molecular formula is C98H104B2Cl4N8O2. The number of unbranched alkanes of at least 4 members (excludes halogenated alkanes) is 20. The van der Waals surface area contributed by atoms with Gasteiger partial charge in [-0.25, -0.2) is 9.97 Å². The van der Waals surface area contributed by atoms with Gasteiger partial charge < -0.3 is 18.4 Å². The Balaban J connectivity index is 1.28. The van der Waals surface area contributed by atoms with Crippen molar-refractivity contribution in [2.45, 2.75) is 207 Å². The molecule has 8 aromatic carbocycles. The van der Waals surface area contributed by atoms with Crippen molar-refractivity contribution in [3.05, 3.63) is 273 Å². The van der Waals surface area contributed by atoms with E-state index in [0.29, 0.717) is 76.5 Å². The van der Waals surface area contributed by atoms with E-state index in [4.69, 9.17) is 75.8 Å². The van der Waals surface area contributed by atoms with Gasteiger partial charge in [0.05, 0.1) is 65.2 Å². The fourth-order valence-electron chi connectivity index (χ4n) is 15.9. The molecule has 114 heavy (non-hydrogen) atoms. The quantitative estimate of drug-likeness (QED) is 0.0210. The van der Waals surface area contributed by atoms with E-state index in [1.807, 2.05) is 24.3 Å². The zero-order valence-electron chi connectivity index (χ0n) is 66.5. The Kier molecular flexibility index (Phi) is 31.7. The van der Waals surface area contributed by atoms with Crippen LogP contribution in [0, 0.1) is 22.7 Å². The minimum Gasteiger partial charge on any atom is -0.486 e. The van der Waals surface area contributed by atoms with Gasteiger partial charge in [0.25, 0.3) is 0 Å². The predicted octanol–water partition coefficient (Wildman–Crippen LogP) is 23.9. The number of benzene rings is 8. The van der Waals surface area contributed by atoms with Gasteiger partial charge in [0, 0.05) is 33.3 Å². The Hall–Kier alpha value is -9.65. The molecule has 0 radical (unpaired) electrons. The summed E-state index contributed by atoms with van der Waals surface area (Å²) in [4.78, 5) is 21.0. The summed E-state index contributed by atoms with van der Waals surface area (Å²) in [6, 6.07) is 71.1. The molecule has 0 saturated carbocycles. The molecule has 0 amide bonds. The van der Waals surface area contributed by atoms with E-state index in [1.54, 1.807) is 36.7 Å². The molecule has 12 aromatic rings. The van der Waals surface area contributed by atoms with Crippen LogP contribution >= 0.6 is 46.4 Å². The largest absolute Gasteiger partial charge is 0.486 e. The zero-order chi connectivity index (χ0) is 79.4. The van der Waals surface area contributed by atoms with E-state index in [2.05, 4.69) is 219 Å². The topological polar surface area (TPSA) is 127 Å². The van der Waals surface area contributed by atoms with Crippen molar-refractivity contribution in [1.29, 1.82) is 10.5 Å². The lowest BCUT2D eigenvalue weighted by atomic mass is 9.50. The normalized spacial score (nSPS) is 12.7. The summed E-state index contributed by atoms with van der Waals surface area (Å²) in [6.45, 7) is 7.66. The van der Waals surface area contributed by atoms with Crippen LogP contribution in [-0.4, -0.2) is 54.8 Å². The van der Waals surface area contributed by atoms with Gasteiger partial charge >= 0.3 is 13.7 Å². The molecule has 0 fully saturated rings. The summed E-state index contributed by atoms with van der Waals surface area (Å²) in [6.07, 6.45) is 41.5. The third-order valence-corrected chi connectivity index (χ3v) is 23.1. The SMILES string of the molecule is CCCCCCCC/C=C\C(CCCCCCC)Oc1cccc(-c2c3/c(=C(/C#N)c4cnc5cc(Cl)c(Cl)cc5n4)n(B(c4ccccc4)c4ccccc4)c(-c4cccc(OC(/C=C/CCCCCCCC)CCCCCCC)c4)c3/c(=C(/C#N)c3cnc4cc(Cl)c(Cl)cc4n3)n2B(c2ccccc2)c2ccccc2)c1. The summed E-state index contributed by atoms with van der Waals surface area (Å²) < 4.78 is 19.5. The van der Waals surface area contributed by atoms with E-state index in [9.17, 15) is 10.5 Å². The highest BCUT2D eigenvalue weighted by atomic mass is 35.5. The standard InChI is InChI=1S/C98H104B2Cl4N8O2/c1-5-9-13-17-19-21-25-41-57-77(55-39-23-15-11-7-3)113-79-59-43-45-71(61-79)95-93-94(98(82(68-106)92-70-108-88-64-84(102)86(104)66-90(88)110-92)111(95)99(73-47-31-27-32-48-73)74-49-33-28-34-50-74)96(72-46-44-60-80(62-72)114-78(56-40-24-16-12-8-4)58-42-26-22-20-18-14-10-6-2)112(100(75-51-35-29-36-52-75)76-53-37-30-38-54-76)97(93)81(67-105)91-69-107-87-63-83(101)85(103)65-89(87)109-91/h27-38,41-54,57-66,69-70,77-78H,5-26,39-40,55-56H2,1-4H3/b57-41-,58-42+,97-81+,98-82+. The first-order valence-electron chi connectivity index (χ1n) is 41.7. The molecule has 0 saturated heterocycles. The Morgan fingerprint density at radius 3 is 1.04 bits per heavy atom.